The number of rotatable bonds is 5. The minimum Gasteiger partial charge on any atom is -0.310 e. The molecule has 1 aliphatic carbocycles. The summed E-state index contributed by atoms with van der Waals surface area (Å²) in [5.41, 5.74) is 1.90. The average molecular weight is 284 g/mol. The number of hydrogen-bond acceptors (Lipinski definition) is 4. The number of nitriles is 1. The van der Waals surface area contributed by atoms with Crippen LogP contribution in [-0.2, 0) is 13.6 Å². The molecule has 1 saturated carbocycles. The second-order valence-electron chi connectivity index (χ2n) is 5.05. The quantitative estimate of drug-likeness (QED) is 0.917. The molecule has 0 unspecified atom stereocenters. The maximum atomic E-state index is 9.31. The zero-order valence-electron chi connectivity index (χ0n) is 11.3. The van der Waals surface area contributed by atoms with E-state index in [1.165, 1.54) is 18.4 Å². The summed E-state index contributed by atoms with van der Waals surface area (Å²) in [6.07, 6.45) is 6.32. The number of nitrogens with one attached hydrogen (secondary N) is 1. The van der Waals surface area contributed by atoms with Crippen LogP contribution in [0.4, 0.5) is 0 Å². The summed E-state index contributed by atoms with van der Waals surface area (Å²) >= 11 is 1.58. The maximum Gasteiger partial charge on any atom is 0.100 e. The molecule has 0 bridgehead atoms. The number of nitrogens with zero attached hydrogens (tertiary/aromatic N) is 3. The van der Waals surface area contributed by atoms with Gasteiger partial charge in [0, 0.05) is 30.7 Å². The fourth-order valence-electron chi connectivity index (χ4n) is 1.99. The lowest BCUT2D eigenvalue weighted by Gasteiger charge is -2.06. The third-order valence-electron chi connectivity index (χ3n) is 3.25. The summed E-state index contributed by atoms with van der Waals surface area (Å²) < 4.78 is 1.77. The number of aromatic nitrogens is 2. The normalized spacial score (nSPS) is 14.2. The number of benzene rings is 1. The van der Waals surface area contributed by atoms with Crippen molar-refractivity contribution >= 4 is 11.8 Å². The molecule has 2 aromatic rings. The molecule has 0 amide bonds. The number of aryl methyl sites for hydroxylation is 1. The summed E-state index contributed by atoms with van der Waals surface area (Å²) in [5, 5.41) is 16.9. The Labute approximate surface area is 122 Å². The first-order valence-corrected chi connectivity index (χ1v) is 7.49. The van der Waals surface area contributed by atoms with Gasteiger partial charge in [-0.3, -0.25) is 4.68 Å². The monoisotopic (exact) mass is 284 g/mol. The van der Waals surface area contributed by atoms with Crippen LogP contribution in [-0.4, -0.2) is 15.8 Å². The molecule has 3 rings (SSSR count). The Hall–Kier alpha value is -1.77. The van der Waals surface area contributed by atoms with Crippen molar-refractivity contribution in [1.82, 2.24) is 15.1 Å². The summed E-state index contributed by atoms with van der Waals surface area (Å²) in [6.45, 7) is 0.844. The van der Waals surface area contributed by atoms with Gasteiger partial charge in [-0.25, -0.2) is 0 Å². The van der Waals surface area contributed by atoms with Crippen LogP contribution >= 0.6 is 11.8 Å². The first kappa shape index (κ1) is 13.2. The average Bonchev–Trinajstić information content (AvgIpc) is 3.20. The maximum absolute atomic E-state index is 9.31. The fourth-order valence-corrected chi connectivity index (χ4v) is 2.90. The Kier molecular flexibility index (Phi) is 3.77. The molecule has 0 radical (unpaired) electrons. The van der Waals surface area contributed by atoms with E-state index < -0.39 is 0 Å². The molecular weight excluding hydrogens is 268 g/mol. The first-order valence-electron chi connectivity index (χ1n) is 6.67. The van der Waals surface area contributed by atoms with Gasteiger partial charge in [0.2, 0.25) is 0 Å². The van der Waals surface area contributed by atoms with Crippen molar-refractivity contribution in [2.45, 2.75) is 35.2 Å². The highest BCUT2D eigenvalue weighted by atomic mass is 32.2. The van der Waals surface area contributed by atoms with E-state index in [0.29, 0.717) is 6.04 Å². The van der Waals surface area contributed by atoms with E-state index in [2.05, 4.69) is 22.6 Å². The van der Waals surface area contributed by atoms with Gasteiger partial charge in [-0.15, -0.1) is 0 Å². The van der Waals surface area contributed by atoms with Crippen molar-refractivity contribution in [1.29, 1.82) is 5.26 Å². The lowest BCUT2D eigenvalue weighted by atomic mass is 10.1. The molecule has 0 saturated heterocycles. The third-order valence-corrected chi connectivity index (χ3v) is 4.27. The van der Waals surface area contributed by atoms with Gasteiger partial charge in [-0.05, 0) is 30.5 Å². The van der Waals surface area contributed by atoms with E-state index in [4.69, 9.17) is 0 Å². The zero-order chi connectivity index (χ0) is 13.9. The number of hydrogen-bond donors (Lipinski definition) is 1. The van der Waals surface area contributed by atoms with E-state index in [1.54, 1.807) is 16.4 Å². The summed E-state index contributed by atoms with van der Waals surface area (Å²) in [6, 6.07) is 9.08. The van der Waals surface area contributed by atoms with Crippen LogP contribution in [0.5, 0.6) is 0 Å². The molecule has 5 heteroatoms. The molecule has 0 atom stereocenters. The van der Waals surface area contributed by atoms with E-state index in [9.17, 15) is 5.26 Å². The van der Waals surface area contributed by atoms with Crippen LogP contribution in [0.2, 0.25) is 0 Å². The zero-order valence-corrected chi connectivity index (χ0v) is 12.2. The molecule has 0 spiro atoms. The van der Waals surface area contributed by atoms with Gasteiger partial charge in [0.15, 0.2) is 0 Å². The van der Waals surface area contributed by atoms with Crippen LogP contribution < -0.4 is 5.32 Å². The highest BCUT2D eigenvalue weighted by Gasteiger charge is 2.20. The van der Waals surface area contributed by atoms with Gasteiger partial charge in [0.1, 0.15) is 6.07 Å². The highest BCUT2D eigenvalue weighted by Crippen LogP contribution is 2.30. The van der Waals surface area contributed by atoms with Crippen molar-refractivity contribution in [3.8, 4) is 6.07 Å². The van der Waals surface area contributed by atoms with Crippen LogP contribution in [0.1, 0.15) is 24.0 Å². The van der Waals surface area contributed by atoms with Crippen LogP contribution in [0, 0.1) is 11.3 Å². The summed E-state index contributed by atoms with van der Waals surface area (Å²) in [4.78, 5) is 2.03. The Morgan fingerprint density at radius 3 is 3.00 bits per heavy atom. The highest BCUT2D eigenvalue weighted by molar-refractivity contribution is 7.99. The largest absolute Gasteiger partial charge is 0.310 e. The Bertz CT molecular complexity index is 652. The molecule has 1 fully saturated rings. The van der Waals surface area contributed by atoms with Crippen LogP contribution in [0.15, 0.2) is 40.4 Å². The molecule has 1 heterocycles. The SMILES string of the molecule is Cn1cc(Sc2ccc(CNC3CC3)cc2C#N)cn1. The van der Waals surface area contributed by atoms with Gasteiger partial charge in [0.25, 0.3) is 0 Å². The second kappa shape index (κ2) is 5.70. The van der Waals surface area contributed by atoms with Gasteiger partial charge >= 0.3 is 0 Å². The molecule has 4 nitrogen and oxygen atoms in total. The van der Waals surface area contributed by atoms with Crippen molar-refractivity contribution in [2.75, 3.05) is 0 Å². The predicted octanol–water partition coefficient (Wildman–Crippen LogP) is 2.69. The molecule has 0 aliphatic heterocycles. The van der Waals surface area contributed by atoms with E-state index in [1.807, 2.05) is 31.6 Å². The van der Waals surface area contributed by atoms with Crippen molar-refractivity contribution in [2.24, 2.45) is 7.05 Å². The van der Waals surface area contributed by atoms with E-state index >= 15 is 0 Å². The van der Waals surface area contributed by atoms with Gasteiger partial charge in [-0.2, -0.15) is 10.4 Å². The van der Waals surface area contributed by atoms with Gasteiger partial charge < -0.3 is 5.32 Å². The van der Waals surface area contributed by atoms with E-state index in [0.717, 1.165) is 21.9 Å². The Morgan fingerprint density at radius 2 is 2.35 bits per heavy atom. The van der Waals surface area contributed by atoms with Crippen molar-refractivity contribution in [3.05, 3.63) is 41.7 Å². The minimum atomic E-state index is 0.685. The molecule has 20 heavy (non-hydrogen) atoms. The lowest BCUT2D eigenvalue weighted by Crippen LogP contribution is -2.15. The molecule has 102 valence electrons. The second-order valence-corrected chi connectivity index (χ2v) is 6.16. The van der Waals surface area contributed by atoms with Crippen molar-refractivity contribution < 1.29 is 0 Å². The molecule has 1 aromatic carbocycles. The smallest absolute Gasteiger partial charge is 0.100 e. The molecule has 1 aromatic heterocycles. The van der Waals surface area contributed by atoms with Gasteiger partial charge in [-0.1, -0.05) is 17.8 Å². The summed E-state index contributed by atoms with van der Waals surface area (Å²) in [5.74, 6) is 0. The fraction of sp³-hybridized carbons (Fsp3) is 0.333. The standard InChI is InChI=1S/C15H16N4S/c1-19-10-14(9-18-19)20-15-5-2-11(6-12(15)7-16)8-17-13-3-4-13/h2,5-6,9-10,13,17H,3-4,8H2,1H3. The van der Waals surface area contributed by atoms with Gasteiger partial charge in [0.05, 0.1) is 16.7 Å². The molecule has 1 N–H and O–H groups in total. The molecular formula is C15H16N4S. The van der Waals surface area contributed by atoms with Crippen molar-refractivity contribution in [3.63, 3.8) is 0 Å². The lowest BCUT2D eigenvalue weighted by molar-refractivity contribution is 0.687. The third kappa shape index (κ3) is 3.21. The van der Waals surface area contributed by atoms with Crippen LogP contribution in [0.3, 0.4) is 0 Å². The topological polar surface area (TPSA) is 53.6 Å². The molecule has 1 aliphatic rings. The Balaban J connectivity index is 1.74. The Morgan fingerprint density at radius 1 is 1.50 bits per heavy atom. The minimum absolute atomic E-state index is 0.685. The predicted molar refractivity (Wildman–Crippen MR) is 78.3 cm³/mol. The first-order chi connectivity index (χ1) is 9.74. The van der Waals surface area contributed by atoms with E-state index in [-0.39, 0.29) is 0 Å². The van der Waals surface area contributed by atoms with Crippen LogP contribution in [0.25, 0.3) is 0 Å². The summed E-state index contributed by atoms with van der Waals surface area (Å²) in [7, 11) is 1.89.